The van der Waals surface area contributed by atoms with Crippen molar-refractivity contribution in [2.75, 3.05) is 24.9 Å². The Morgan fingerprint density at radius 1 is 0.795 bits per heavy atom. The van der Waals surface area contributed by atoms with Gasteiger partial charge >= 0.3 is 11.9 Å². The predicted octanol–water partition coefficient (Wildman–Crippen LogP) is 6.29. The number of benzene rings is 3. The largest absolute Gasteiger partial charge is 0.462 e. The molecule has 9 heteroatoms. The number of anilines is 1. The Morgan fingerprint density at radius 3 is 1.75 bits per heavy atom. The summed E-state index contributed by atoms with van der Waals surface area (Å²) in [4.78, 5) is 32.3. The van der Waals surface area contributed by atoms with E-state index in [9.17, 15) is 9.59 Å². The molecule has 1 aliphatic heterocycles. The van der Waals surface area contributed by atoms with Gasteiger partial charge < -0.3 is 14.8 Å². The van der Waals surface area contributed by atoms with Crippen LogP contribution in [0.5, 0.6) is 0 Å². The van der Waals surface area contributed by atoms with Gasteiger partial charge in [-0.1, -0.05) is 90.6 Å². The number of ether oxygens (including phenoxy) is 2. The molecule has 5 rings (SSSR count). The Labute approximate surface area is 262 Å². The van der Waals surface area contributed by atoms with E-state index >= 15 is 0 Å². The Hall–Kier alpha value is -4.76. The average Bonchev–Trinajstić information content (AvgIpc) is 3.44. The molecule has 0 unspecified atom stereocenters. The second kappa shape index (κ2) is 14.6. The zero-order valence-electron chi connectivity index (χ0n) is 25.1. The zero-order chi connectivity index (χ0) is 30.9. The highest BCUT2D eigenvalue weighted by Crippen LogP contribution is 2.40. The molecule has 0 spiro atoms. The lowest BCUT2D eigenvalue weighted by molar-refractivity contribution is -0.140. The van der Waals surface area contributed by atoms with E-state index in [2.05, 4.69) is 15.7 Å². The van der Waals surface area contributed by atoms with Crippen molar-refractivity contribution in [2.45, 2.75) is 37.8 Å². The van der Waals surface area contributed by atoms with Crippen LogP contribution in [0.15, 0.2) is 125 Å². The summed E-state index contributed by atoms with van der Waals surface area (Å²) in [5, 5.41) is 3.92. The summed E-state index contributed by atoms with van der Waals surface area (Å²) in [6.45, 7) is 4.04. The molecule has 0 amide bonds. The maximum absolute atomic E-state index is 13.9. The van der Waals surface area contributed by atoms with Crippen LogP contribution >= 0.6 is 11.8 Å². The standard InChI is InChI=1S/C35H36N4O4S/c1-24-30(33(40)42-21-19-26-13-7-4-8-14-26)32(29-23-36-35(44-3)39(29)38-28-17-11-6-12-18-28)31(25(2)37-24)34(41)43-22-20-27-15-9-5-10-16-27/h4-18,23,32,37-38H,19-22H2,1-3H3. The first-order valence-corrected chi connectivity index (χ1v) is 15.7. The molecule has 0 aliphatic carbocycles. The number of carbonyl (C=O) groups is 2. The van der Waals surface area contributed by atoms with Crippen LogP contribution in [-0.2, 0) is 31.9 Å². The van der Waals surface area contributed by atoms with Crippen molar-refractivity contribution in [2.24, 2.45) is 0 Å². The lowest BCUT2D eigenvalue weighted by Gasteiger charge is -2.31. The Balaban J connectivity index is 1.48. The molecule has 2 N–H and O–H groups in total. The van der Waals surface area contributed by atoms with Gasteiger partial charge in [-0.2, -0.15) is 0 Å². The van der Waals surface area contributed by atoms with E-state index in [0.717, 1.165) is 16.8 Å². The van der Waals surface area contributed by atoms with Crippen LogP contribution in [0.1, 0.15) is 36.6 Å². The molecule has 1 aliphatic rings. The van der Waals surface area contributed by atoms with Gasteiger partial charge in [0, 0.05) is 24.2 Å². The number of esters is 2. The summed E-state index contributed by atoms with van der Waals surface area (Å²) in [5.74, 6) is -1.80. The van der Waals surface area contributed by atoms with Crippen molar-refractivity contribution in [3.63, 3.8) is 0 Å². The van der Waals surface area contributed by atoms with Crippen molar-refractivity contribution in [3.05, 3.63) is 137 Å². The molecular weight excluding hydrogens is 572 g/mol. The number of para-hydroxylation sites is 1. The number of hydrogen-bond acceptors (Lipinski definition) is 8. The number of imidazole rings is 1. The molecule has 0 atom stereocenters. The molecule has 0 saturated heterocycles. The van der Waals surface area contributed by atoms with Gasteiger partial charge in [0.05, 0.1) is 47.9 Å². The summed E-state index contributed by atoms with van der Waals surface area (Å²) < 4.78 is 13.5. The first kappa shape index (κ1) is 30.7. The SMILES string of the molecule is CSc1ncc(C2C(C(=O)OCCc3ccccc3)=C(C)NC(C)=C2C(=O)OCCc2ccccc2)n1Nc1ccccc1. The molecule has 0 fully saturated rings. The van der Waals surface area contributed by atoms with Crippen molar-refractivity contribution in [1.82, 2.24) is 15.0 Å². The Morgan fingerprint density at radius 2 is 1.27 bits per heavy atom. The minimum atomic E-state index is -0.797. The van der Waals surface area contributed by atoms with Crippen LogP contribution in [0.3, 0.4) is 0 Å². The highest BCUT2D eigenvalue weighted by atomic mass is 32.2. The lowest BCUT2D eigenvalue weighted by atomic mass is 9.83. The van der Waals surface area contributed by atoms with E-state index in [-0.39, 0.29) is 13.2 Å². The van der Waals surface area contributed by atoms with Crippen LogP contribution in [0.25, 0.3) is 0 Å². The summed E-state index contributed by atoms with van der Waals surface area (Å²) >= 11 is 1.45. The van der Waals surface area contributed by atoms with Crippen LogP contribution < -0.4 is 10.7 Å². The lowest BCUT2D eigenvalue weighted by Crippen LogP contribution is -2.34. The molecule has 8 nitrogen and oxygen atoms in total. The number of thioether (sulfide) groups is 1. The number of nitrogens with zero attached hydrogens (tertiary/aromatic N) is 2. The van der Waals surface area contributed by atoms with Crippen LogP contribution in [-0.4, -0.2) is 41.1 Å². The summed E-state index contributed by atoms with van der Waals surface area (Å²) in [6, 6.07) is 29.4. The van der Waals surface area contributed by atoms with E-state index in [4.69, 9.17) is 9.47 Å². The smallest absolute Gasteiger partial charge is 0.336 e. The summed E-state index contributed by atoms with van der Waals surface area (Å²) in [7, 11) is 0. The van der Waals surface area contributed by atoms with Crippen molar-refractivity contribution in [3.8, 4) is 0 Å². The van der Waals surface area contributed by atoms with Gasteiger partial charge in [0.25, 0.3) is 0 Å². The van der Waals surface area contributed by atoms with Gasteiger partial charge in [-0.05, 0) is 43.4 Å². The molecule has 0 bridgehead atoms. The fourth-order valence-corrected chi connectivity index (χ4v) is 5.74. The molecular formula is C35H36N4O4S. The molecule has 1 aromatic heterocycles. The monoisotopic (exact) mass is 608 g/mol. The first-order chi connectivity index (χ1) is 21.5. The molecule has 0 saturated carbocycles. The number of allylic oxidation sites excluding steroid dienone is 2. The Kier molecular flexibility index (Phi) is 10.2. The molecule has 3 aromatic carbocycles. The predicted molar refractivity (Wildman–Crippen MR) is 173 cm³/mol. The molecule has 2 heterocycles. The van der Waals surface area contributed by atoms with Gasteiger partial charge in [0.15, 0.2) is 5.16 Å². The third-order valence-corrected chi connectivity index (χ3v) is 8.04. The minimum Gasteiger partial charge on any atom is -0.462 e. The number of dihydropyridines is 1. The van der Waals surface area contributed by atoms with E-state index in [0.29, 0.717) is 46.2 Å². The fourth-order valence-electron chi connectivity index (χ4n) is 5.25. The summed E-state index contributed by atoms with van der Waals surface area (Å²) in [6.07, 6.45) is 4.78. The highest BCUT2D eigenvalue weighted by Gasteiger charge is 2.40. The second-order valence-electron chi connectivity index (χ2n) is 10.4. The van der Waals surface area contributed by atoms with Crippen molar-refractivity contribution < 1.29 is 19.1 Å². The molecule has 44 heavy (non-hydrogen) atoms. The molecule has 226 valence electrons. The highest BCUT2D eigenvalue weighted by molar-refractivity contribution is 7.98. The number of rotatable bonds is 12. The van der Waals surface area contributed by atoms with Crippen molar-refractivity contribution >= 4 is 29.4 Å². The zero-order valence-corrected chi connectivity index (χ0v) is 25.9. The second-order valence-corrected chi connectivity index (χ2v) is 11.1. The maximum atomic E-state index is 13.9. The van der Waals surface area contributed by atoms with Crippen molar-refractivity contribution in [1.29, 1.82) is 0 Å². The third-order valence-electron chi connectivity index (χ3n) is 7.38. The Bertz CT molecular complexity index is 1570. The molecule has 4 aromatic rings. The quantitative estimate of drug-likeness (QED) is 0.143. The third kappa shape index (κ3) is 7.23. The van der Waals surface area contributed by atoms with E-state index in [1.807, 2.05) is 116 Å². The van der Waals surface area contributed by atoms with E-state index in [1.165, 1.54) is 11.8 Å². The average molecular weight is 609 g/mol. The van der Waals surface area contributed by atoms with Gasteiger partial charge in [-0.3, -0.25) is 5.43 Å². The maximum Gasteiger partial charge on any atom is 0.336 e. The van der Waals surface area contributed by atoms with Crippen LogP contribution in [0.4, 0.5) is 5.69 Å². The first-order valence-electron chi connectivity index (χ1n) is 14.5. The van der Waals surface area contributed by atoms with Crippen LogP contribution in [0.2, 0.25) is 0 Å². The number of carbonyl (C=O) groups excluding carboxylic acids is 2. The normalized spacial score (nSPS) is 13.4. The summed E-state index contributed by atoms with van der Waals surface area (Å²) in [5.41, 5.74) is 8.88. The number of aromatic nitrogens is 2. The van der Waals surface area contributed by atoms with Crippen LogP contribution in [0, 0.1) is 0 Å². The van der Waals surface area contributed by atoms with E-state index in [1.54, 1.807) is 6.20 Å². The minimum absolute atomic E-state index is 0.198. The van der Waals surface area contributed by atoms with E-state index < -0.39 is 17.9 Å². The van der Waals surface area contributed by atoms with Gasteiger partial charge in [0.1, 0.15) is 0 Å². The fraction of sp³-hybridized carbons (Fsp3) is 0.229. The van der Waals surface area contributed by atoms with Gasteiger partial charge in [0.2, 0.25) is 0 Å². The van der Waals surface area contributed by atoms with Gasteiger partial charge in [-0.15, -0.1) is 0 Å². The number of nitrogens with one attached hydrogen (secondary N) is 2. The van der Waals surface area contributed by atoms with Gasteiger partial charge in [-0.25, -0.2) is 19.2 Å². The topological polar surface area (TPSA) is 94.5 Å². The molecule has 0 radical (unpaired) electrons. The number of hydrogen-bond donors (Lipinski definition) is 2.